The predicted molar refractivity (Wildman–Crippen MR) is 81.6 cm³/mol. The van der Waals surface area contributed by atoms with Crippen molar-refractivity contribution in [2.75, 3.05) is 7.11 Å². The number of rotatable bonds is 10. The summed E-state index contributed by atoms with van der Waals surface area (Å²) in [5.41, 5.74) is 0. The number of nitrogens with one attached hydrogen (secondary N) is 1. The summed E-state index contributed by atoms with van der Waals surface area (Å²) in [6.07, 6.45) is 0.941. The smallest absolute Gasteiger partial charge is 0.406 e. The number of carbonyl (C=O) groups is 1. The topological polar surface area (TPSA) is 71.0 Å². The summed E-state index contributed by atoms with van der Waals surface area (Å²) in [7, 11) is 0.319. The van der Waals surface area contributed by atoms with E-state index in [1.807, 2.05) is 0 Å². The monoisotopic (exact) mass is 308 g/mol. The Morgan fingerprint density at radius 1 is 1.30 bits per heavy atom. The highest BCUT2D eigenvalue weighted by Gasteiger charge is 2.29. The molecule has 0 saturated heterocycles. The van der Waals surface area contributed by atoms with Crippen LogP contribution < -0.4 is 5.32 Å². The molecule has 0 aliphatic rings. The average molecular weight is 308 g/mol. The fourth-order valence-electron chi connectivity index (χ4n) is 1.95. The normalized spacial score (nSPS) is 14.8. The van der Waals surface area contributed by atoms with E-state index < -0.39 is 20.8 Å². The van der Waals surface area contributed by atoms with Crippen LogP contribution in [-0.4, -0.2) is 41.3 Å². The van der Waals surface area contributed by atoms with Crippen molar-refractivity contribution in [2.45, 2.75) is 72.2 Å². The molecule has 0 radical (unpaired) electrons. The van der Waals surface area contributed by atoms with Crippen molar-refractivity contribution in [3.05, 3.63) is 0 Å². The maximum Gasteiger partial charge on any atom is 0.406 e. The zero-order valence-corrected chi connectivity index (χ0v) is 14.3. The highest BCUT2D eigenvalue weighted by molar-refractivity contribution is 7.44. The summed E-state index contributed by atoms with van der Waals surface area (Å²) in [6, 6.07) is 0.524. The molecule has 7 heteroatoms. The molecular formula is C13H29N2O4P. The van der Waals surface area contributed by atoms with Gasteiger partial charge in [0.2, 0.25) is 0 Å². The van der Waals surface area contributed by atoms with Crippen LogP contribution in [0.1, 0.15) is 53.9 Å². The first kappa shape index (κ1) is 19.6. The fraction of sp³-hybridized carbons (Fsp3) is 0.923. The summed E-state index contributed by atoms with van der Waals surface area (Å²) in [5.74, 6) is 0. The quantitative estimate of drug-likeness (QED) is 0.475. The van der Waals surface area contributed by atoms with Crippen LogP contribution in [0.5, 0.6) is 0 Å². The zero-order chi connectivity index (χ0) is 15.7. The van der Waals surface area contributed by atoms with Crippen LogP contribution in [0.15, 0.2) is 0 Å². The van der Waals surface area contributed by atoms with Gasteiger partial charge in [0.15, 0.2) is 0 Å². The largest absolute Gasteiger partial charge is 0.465 e. The van der Waals surface area contributed by atoms with Crippen molar-refractivity contribution in [1.82, 2.24) is 9.99 Å². The second kappa shape index (κ2) is 10.3. The Hall–Kier alpha value is -0.420. The first-order chi connectivity index (χ1) is 9.33. The molecule has 0 aromatic heterocycles. The molecule has 0 rings (SSSR count). The third kappa shape index (κ3) is 7.39. The van der Waals surface area contributed by atoms with Crippen LogP contribution in [0.3, 0.4) is 0 Å². The van der Waals surface area contributed by atoms with Crippen LogP contribution in [-0.2, 0) is 9.05 Å². The Labute approximate surface area is 123 Å². The van der Waals surface area contributed by atoms with Gasteiger partial charge in [-0.3, -0.25) is 9.84 Å². The molecule has 0 aliphatic carbocycles. The Bertz CT molecular complexity index is 269. The first-order valence-electron chi connectivity index (χ1n) is 7.12. The van der Waals surface area contributed by atoms with Crippen LogP contribution in [0, 0.1) is 0 Å². The maximum absolute atomic E-state index is 10.8. The van der Waals surface area contributed by atoms with E-state index in [9.17, 15) is 4.79 Å². The maximum atomic E-state index is 10.8. The molecule has 0 heterocycles. The second-order valence-corrected chi connectivity index (χ2v) is 6.69. The van der Waals surface area contributed by atoms with Crippen molar-refractivity contribution in [2.24, 2.45) is 0 Å². The van der Waals surface area contributed by atoms with Gasteiger partial charge in [0.05, 0.1) is 0 Å². The Kier molecular flexibility index (Phi) is 10.1. The molecule has 0 saturated carbocycles. The Balaban J connectivity index is 4.78. The lowest BCUT2D eigenvalue weighted by Crippen LogP contribution is -2.39. The van der Waals surface area contributed by atoms with Crippen molar-refractivity contribution in [1.29, 1.82) is 0 Å². The molecule has 2 N–H and O–H groups in total. The van der Waals surface area contributed by atoms with Crippen LogP contribution >= 0.6 is 8.53 Å². The van der Waals surface area contributed by atoms with Crippen molar-refractivity contribution in [3.63, 3.8) is 0 Å². The van der Waals surface area contributed by atoms with E-state index in [1.54, 1.807) is 7.11 Å². The summed E-state index contributed by atoms with van der Waals surface area (Å²) in [5, 5.41) is 11.3. The molecule has 6 nitrogen and oxygen atoms in total. The van der Waals surface area contributed by atoms with Gasteiger partial charge in [-0.2, -0.15) is 0 Å². The lowest BCUT2D eigenvalue weighted by atomic mass is 10.2. The van der Waals surface area contributed by atoms with E-state index in [2.05, 4.69) is 44.6 Å². The zero-order valence-electron chi connectivity index (χ0n) is 13.4. The lowest BCUT2D eigenvalue weighted by molar-refractivity contribution is 0.105. The number of hydrogen-bond acceptors (Lipinski definition) is 4. The molecule has 120 valence electrons. The van der Waals surface area contributed by atoms with Gasteiger partial charge in [-0.05, 0) is 40.5 Å². The minimum absolute atomic E-state index is 0.262. The van der Waals surface area contributed by atoms with Gasteiger partial charge in [0.25, 0.3) is 8.53 Å². The Morgan fingerprint density at radius 2 is 1.85 bits per heavy atom. The van der Waals surface area contributed by atoms with Crippen molar-refractivity contribution in [3.8, 4) is 0 Å². The molecule has 0 aromatic carbocycles. The minimum Gasteiger partial charge on any atom is -0.465 e. The summed E-state index contributed by atoms with van der Waals surface area (Å²) in [4.78, 5) is 10.8. The van der Waals surface area contributed by atoms with Crippen LogP contribution in [0.25, 0.3) is 0 Å². The lowest BCUT2D eigenvalue weighted by Gasteiger charge is -2.36. The second-order valence-electron chi connectivity index (χ2n) is 5.17. The third-order valence-corrected chi connectivity index (χ3v) is 4.77. The summed E-state index contributed by atoms with van der Waals surface area (Å²) in [6.45, 7) is 10.4. The van der Waals surface area contributed by atoms with E-state index in [0.29, 0.717) is 6.42 Å². The molecule has 20 heavy (non-hydrogen) atoms. The number of hydrogen-bond donors (Lipinski definition) is 2. The number of carboxylic acid groups (broad SMARTS) is 1. The molecule has 2 atom stereocenters. The highest BCUT2D eigenvalue weighted by Crippen LogP contribution is 2.46. The molecular weight excluding hydrogens is 279 g/mol. The number of unbranched alkanes of at least 4 members (excludes halogenated alkanes) is 1. The molecule has 1 amide bonds. The predicted octanol–water partition coefficient (Wildman–Crippen LogP) is 3.78. The van der Waals surface area contributed by atoms with E-state index >= 15 is 0 Å². The summed E-state index contributed by atoms with van der Waals surface area (Å²) < 4.78 is 13.5. The van der Waals surface area contributed by atoms with Crippen molar-refractivity contribution >= 4 is 14.6 Å². The fourth-order valence-corrected chi connectivity index (χ4v) is 3.47. The van der Waals surface area contributed by atoms with E-state index in [-0.39, 0.29) is 12.1 Å². The van der Waals surface area contributed by atoms with Crippen LogP contribution in [0.4, 0.5) is 4.79 Å². The van der Waals surface area contributed by atoms with Gasteiger partial charge in [0, 0.05) is 19.2 Å². The van der Waals surface area contributed by atoms with Gasteiger partial charge >= 0.3 is 6.09 Å². The minimum atomic E-state index is -1.28. The molecule has 0 aromatic rings. The molecule has 0 bridgehead atoms. The van der Waals surface area contributed by atoms with Gasteiger partial charge in [-0.15, -0.1) is 0 Å². The average Bonchev–Trinajstić information content (AvgIpc) is 2.33. The Morgan fingerprint density at radius 3 is 2.20 bits per heavy atom. The van der Waals surface area contributed by atoms with Gasteiger partial charge in [-0.25, -0.2) is 9.46 Å². The van der Waals surface area contributed by atoms with Crippen molar-refractivity contribution < 1.29 is 18.9 Å². The van der Waals surface area contributed by atoms with Gasteiger partial charge in [0.1, 0.15) is 6.23 Å². The summed E-state index contributed by atoms with van der Waals surface area (Å²) >= 11 is 0. The van der Waals surface area contributed by atoms with Crippen LogP contribution in [0.2, 0.25) is 0 Å². The molecule has 0 fully saturated rings. The van der Waals surface area contributed by atoms with E-state index in [1.165, 1.54) is 0 Å². The molecule has 0 aliphatic heterocycles. The SMILES string of the molecule is CCCCC(NC(=O)O)OP(OC)N(C(C)C)C(C)C. The van der Waals surface area contributed by atoms with Gasteiger partial charge in [-0.1, -0.05) is 13.3 Å². The van der Waals surface area contributed by atoms with Gasteiger partial charge < -0.3 is 9.63 Å². The molecule has 0 spiro atoms. The van der Waals surface area contributed by atoms with E-state index in [4.69, 9.17) is 14.2 Å². The highest BCUT2D eigenvalue weighted by atomic mass is 31.2. The number of nitrogens with zero attached hydrogens (tertiary/aromatic N) is 1. The first-order valence-corrected chi connectivity index (χ1v) is 8.25. The van der Waals surface area contributed by atoms with E-state index in [0.717, 1.165) is 12.8 Å². The standard InChI is InChI=1S/C13H29N2O4P/c1-7-8-9-12(14-13(16)17)19-20(18-6)15(10(2)3)11(4)5/h10-12,14H,7-9H2,1-6H3,(H,16,17). The number of amides is 1. The third-order valence-electron chi connectivity index (χ3n) is 2.72. The molecule has 2 unspecified atom stereocenters.